The van der Waals surface area contributed by atoms with Gasteiger partial charge < -0.3 is 5.11 Å². The minimum Gasteiger partial charge on any atom is -0.493 e. The Labute approximate surface area is 90.9 Å². The number of aromatic nitrogens is 2. The van der Waals surface area contributed by atoms with Crippen LogP contribution in [0, 0.1) is 6.92 Å². The zero-order valence-corrected chi connectivity index (χ0v) is 8.60. The summed E-state index contributed by atoms with van der Waals surface area (Å²) in [5, 5.41) is 12.0. The quantitative estimate of drug-likeness (QED) is 0.738. The Morgan fingerprint density at radius 3 is 2.75 bits per heavy atom. The van der Waals surface area contributed by atoms with Gasteiger partial charge in [-0.05, 0) is 24.6 Å². The summed E-state index contributed by atoms with van der Waals surface area (Å²) in [5.41, 5.74) is 0.720. The van der Waals surface area contributed by atoms with E-state index in [2.05, 4.69) is 5.10 Å². The molecule has 0 bridgehead atoms. The normalized spacial score (nSPS) is 10.3. The van der Waals surface area contributed by atoms with Crippen LogP contribution >= 0.6 is 0 Å². The third-order valence-electron chi connectivity index (χ3n) is 2.29. The lowest BCUT2D eigenvalue weighted by atomic mass is 10.2. The van der Waals surface area contributed by atoms with Crippen LogP contribution in [-0.4, -0.2) is 21.2 Å². The van der Waals surface area contributed by atoms with E-state index in [0.717, 1.165) is 5.56 Å². The fourth-order valence-electron chi connectivity index (χ4n) is 1.50. The lowest BCUT2D eigenvalue weighted by molar-refractivity contribution is 0.112. The highest BCUT2D eigenvalue weighted by molar-refractivity contribution is 5.77. The smallest absolute Gasteiger partial charge is 0.279 e. The third kappa shape index (κ3) is 1.52. The topological polar surface area (TPSA) is 75.1 Å². The Bertz CT molecular complexity index is 596. The maximum Gasteiger partial charge on any atom is 0.279 e. The molecule has 16 heavy (non-hydrogen) atoms. The van der Waals surface area contributed by atoms with E-state index in [1.54, 1.807) is 18.2 Å². The molecule has 0 saturated heterocycles. The number of hydrogen-bond donors (Lipinski definition) is 2. The summed E-state index contributed by atoms with van der Waals surface area (Å²) in [5.74, 6) is -0.370. The predicted molar refractivity (Wildman–Crippen MR) is 58.2 cm³/mol. The first-order chi connectivity index (χ1) is 7.63. The van der Waals surface area contributed by atoms with Gasteiger partial charge in [0.15, 0.2) is 6.29 Å². The van der Waals surface area contributed by atoms with E-state index in [0.29, 0.717) is 12.0 Å². The van der Waals surface area contributed by atoms with Crippen molar-refractivity contribution in [3.63, 3.8) is 0 Å². The minimum atomic E-state index is -0.603. The number of hydrogen-bond acceptors (Lipinski definition) is 3. The Morgan fingerprint density at radius 2 is 2.19 bits per heavy atom. The van der Waals surface area contributed by atoms with Gasteiger partial charge in [-0.1, -0.05) is 12.1 Å². The first-order valence-electron chi connectivity index (χ1n) is 4.69. The molecule has 82 valence electrons. The number of carbonyl (C=O) groups excluding carboxylic acids is 1. The molecule has 1 aromatic heterocycles. The second-order valence-corrected chi connectivity index (χ2v) is 3.47. The van der Waals surface area contributed by atoms with E-state index < -0.39 is 5.56 Å². The summed E-state index contributed by atoms with van der Waals surface area (Å²) in [6.45, 7) is 1.89. The Balaban J connectivity index is 2.65. The molecule has 0 atom stereocenters. The van der Waals surface area contributed by atoms with Gasteiger partial charge in [0.05, 0.1) is 5.69 Å². The van der Waals surface area contributed by atoms with Crippen molar-refractivity contribution in [2.45, 2.75) is 6.92 Å². The molecule has 5 nitrogen and oxygen atoms in total. The third-order valence-corrected chi connectivity index (χ3v) is 2.29. The van der Waals surface area contributed by atoms with Crippen molar-refractivity contribution in [3.05, 3.63) is 45.7 Å². The summed E-state index contributed by atoms with van der Waals surface area (Å²) < 4.78 is 1.18. The van der Waals surface area contributed by atoms with Crippen LogP contribution in [0.1, 0.15) is 15.9 Å². The van der Waals surface area contributed by atoms with E-state index in [1.165, 1.54) is 4.68 Å². The number of aromatic amines is 1. The van der Waals surface area contributed by atoms with Gasteiger partial charge in [-0.2, -0.15) is 0 Å². The molecular formula is C11H10N2O3. The van der Waals surface area contributed by atoms with Gasteiger partial charge in [0, 0.05) is 0 Å². The zero-order valence-electron chi connectivity index (χ0n) is 8.60. The largest absolute Gasteiger partial charge is 0.493 e. The highest BCUT2D eigenvalue weighted by atomic mass is 16.3. The van der Waals surface area contributed by atoms with Crippen molar-refractivity contribution >= 4 is 6.29 Å². The fourth-order valence-corrected chi connectivity index (χ4v) is 1.50. The first-order valence-corrected chi connectivity index (χ1v) is 4.69. The standard InChI is InChI=1S/C11H10N2O3/c1-7-3-2-4-8(5-7)13-11(16)9(6-14)10(15)12-13/h2-6,16H,1H3,(H,12,15). The van der Waals surface area contributed by atoms with Crippen molar-refractivity contribution in [2.75, 3.05) is 0 Å². The maximum absolute atomic E-state index is 11.3. The number of aromatic hydroxyl groups is 1. The van der Waals surface area contributed by atoms with E-state index in [1.807, 2.05) is 13.0 Å². The second kappa shape index (κ2) is 3.69. The molecule has 0 aliphatic carbocycles. The lowest BCUT2D eigenvalue weighted by Crippen LogP contribution is -2.06. The molecule has 2 rings (SSSR count). The van der Waals surface area contributed by atoms with Crippen LogP contribution in [0.4, 0.5) is 0 Å². The molecule has 2 N–H and O–H groups in total. The Morgan fingerprint density at radius 1 is 1.44 bits per heavy atom. The Kier molecular flexibility index (Phi) is 2.36. The van der Waals surface area contributed by atoms with E-state index in [-0.39, 0.29) is 11.4 Å². The number of rotatable bonds is 2. The maximum atomic E-state index is 11.3. The number of H-pyrrole nitrogens is 1. The summed E-state index contributed by atoms with van der Waals surface area (Å²) in [7, 11) is 0. The highest BCUT2D eigenvalue weighted by Gasteiger charge is 2.13. The van der Waals surface area contributed by atoms with Gasteiger partial charge in [-0.3, -0.25) is 14.7 Å². The monoisotopic (exact) mass is 218 g/mol. The van der Waals surface area contributed by atoms with Crippen LogP contribution < -0.4 is 5.56 Å². The molecule has 0 saturated carbocycles. The predicted octanol–water partition coefficient (Wildman–Crippen LogP) is 0.992. The van der Waals surface area contributed by atoms with Gasteiger partial charge in [0.25, 0.3) is 5.56 Å². The minimum absolute atomic E-state index is 0.262. The zero-order chi connectivity index (χ0) is 11.7. The molecule has 0 radical (unpaired) electrons. The van der Waals surface area contributed by atoms with Crippen LogP contribution in [0.15, 0.2) is 29.1 Å². The number of benzene rings is 1. The summed E-state index contributed by atoms with van der Waals surface area (Å²) in [6, 6.07) is 7.19. The van der Waals surface area contributed by atoms with Gasteiger partial charge in [0.1, 0.15) is 5.56 Å². The highest BCUT2D eigenvalue weighted by Crippen LogP contribution is 2.17. The van der Waals surface area contributed by atoms with Crippen molar-refractivity contribution in [3.8, 4) is 11.6 Å². The van der Waals surface area contributed by atoms with Crippen molar-refractivity contribution in [1.82, 2.24) is 9.78 Å². The van der Waals surface area contributed by atoms with E-state index in [4.69, 9.17) is 0 Å². The molecule has 2 aromatic rings. The summed E-state index contributed by atoms with van der Waals surface area (Å²) in [6.07, 6.45) is 0.334. The lowest BCUT2D eigenvalue weighted by Gasteiger charge is -2.04. The van der Waals surface area contributed by atoms with Gasteiger partial charge in [-0.25, -0.2) is 4.68 Å². The number of nitrogens with one attached hydrogen (secondary N) is 1. The SMILES string of the molecule is Cc1cccc(-n2[nH]c(=O)c(C=O)c2O)c1. The molecule has 0 aliphatic heterocycles. The van der Waals surface area contributed by atoms with Gasteiger partial charge in [0.2, 0.25) is 5.88 Å². The average molecular weight is 218 g/mol. The van der Waals surface area contributed by atoms with Crippen LogP contribution in [0.2, 0.25) is 0 Å². The molecule has 0 unspecified atom stereocenters. The Hall–Kier alpha value is -2.30. The number of carbonyl (C=O) groups is 1. The van der Waals surface area contributed by atoms with Gasteiger partial charge in [-0.15, -0.1) is 0 Å². The van der Waals surface area contributed by atoms with Crippen LogP contribution in [0.25, 0.3) is 5.69 Å². The van der Waals surface area contributed by atoms with E-state index in [9.17, 15) is 14.7 Å². The van der Waals surface area contributed by atoms with Crippen molar-refractivity contribution in [2.24, 2.45) is 0 Å². The van der Waals surface area contributed by atoms with E-state index >= 15 is 0 Å². The number of nitrogens with zero attached hydrogens (tertiary/aromatic N) is 1. The molecule has 1 aromatic carbocycles. The number of aryl methyl sites for hydroxylation is 1. The van der Waals surface area contributed by atoms with Crippen molar-refractivity contribution in [1.29, 1.82) is 0 Å². The summed E-state index contributed by atoms with van der Waals surface area (Å²) in [4.78, 5) is 21.8. The molecule has 0 fully saturated rings. The molecule has 1 heterocycles. The molecule has 0 spiro atoms. The van der Waals surface area contributed by atoms with Gasteiger partial charge >= 0.3 is 0 Å². The average Bonchev–Trinajstić information content (AvgIpc) is 2.54. The van der Waals surface area contributed by atoms with Crippen molar-refractivity contribution < 1.29 is 9.90 Å². The van der Waals surface area contributed by atoms with Crippen LogP contribution in [0.5, 0.6) is 5.88 Å². The molecule has 0 aliphatic rings. The van der Waals surface area contributed by atoms with Crippen LogP contribution in [0.3, 0.4) is 0 Å². The van der Waals surface area contributed by atoms with Crippen LogP contribution in [-0.2, 0) is 0 Å². The number of aldehydes is 1. The molecule has 5 heteroatoms. The fraction of sp³-hybridized carbons (Fsp3) is 0.0909. The first kappa shape index (κ1) is 10.2. The second-order valence-electron chi connectivity index (χ2n) is 3.47. The molecular weight excluding hydrogens is 208 g/mol. The molecule has 0 amide bonds. The summed E-state index contributed by atoms with van der Waals surface area (Å²) >= 11 is 0.